The summed E-state index contributed by atoms with van der Waals surface area (Å²) in [6.45, 7) is 2.07. The molecule has 4 nitrogen and oxygen atoms in total. The van der Waals surface area contributed by atoms with Crippen molar-refractivity contribution in [2.45, 2.75) is 25.5 Å². The first kappa shape index (κ1) is 21.7. The normalized spacial score (nSPS) is 16.0. The Bertz CT molecular complexity index is 1200. The first-order valence-corrected chi connectivity index (χ1v) is 12.2. The number of thiophene rings is 1. The molecule has 0 spiro atoms. The Morgan fingerprint density at radius 2 is 1.73 bits per heavy atom. The lowest BCUT2D eigenvalue weighted by atomic mass is 9.93. The van der Waals surface area contributed by atoms with Gasteiger partial charge in [-0.25, -0.2) is 0 Å². The van der Waals surface area contributed by atoms with Crippen molar-refractivity contribution in [3.05, 3.63) is 101 Å². The second kappa shape index (κ2) is 9.77. The molecule has 1 unspecified atom stereocenters. The molecule has 0 radical (unpaired) electrons. The highest BCUT2D eigenvalue weighted by atomic mass is 32.1. The summed E-state index contributed by atoms with van der Waals surface area (Å²) in [4.78, 5) is 15.2. The van der Waals surface area contributed by atoms with Crippen LogP contribution in [0, 0.1) is 5.92 Å². The maximum atomic E-state index is 11.5. The minimum Gasteiger partial charge on any atom is -0.489 e. The molecule has 33 heavy (non-hydrogen) atoms. The largest absolute Gasteiger partial charge is 0.489 e. The third-order valence-corrected chi connectivity index (χ3v) is 7.55. The molecule has 168 valence electrons. The highest BCUT2D eigenvalue weighted by Crippen LogP contribution is 2.39. The lowest BCUT2D eigenvalue weighted by Crippen LogP contribution is -2.39. The van der Waals surface area contributed by atoms with E-state index in [1.165, 1.54) is 20.5 Å². The van der Waals surface area contributed by atoms with Crippen molar-refractivity contribution in [2.75, 3.05) is 13.1 Å². The fourth-order valence-electron chi connectivity index (χ4n) is 4.61. The van der Waals surface area contributed by atoms with Crippen molar-refractivity contribution in [1.82, 2.24) is 4.90 Å². The average Bonchev–Trinajstić information content (AvgIpc) is 3.28. The number of hydrogen-bond acceptors (Lipinski definition) is 4. The Morgan fingerprint density at radius 3 is 2.48 bits per heavy atom. The van der Waals surface area contributed by atoms with Gasteiger partial charge in [-0.1, -0.05) is 60.7 Å². The molecule has 3 aromatic carbocycles. The van der Waals surface area contributed by atoms with Crippen LogP contribution in [0.4, 0.5) is 0 Å². The van der Waals surface area contributed by atoms with Crippen LogP contribution in [-0.2, 0) is 11.4 Å². The summed E-state index contributed by atoms with van der Waals surface area (Å²) < 4.78 is 7.39. The number of carboxylic acid groups (broad SMARTS) is 1. The fraction of sp³-hybridized carbons (Fsp3) is 0.250. The van der Waals surface area contributed by atoms with Crippen LogP contribution in [0.15, 0.2) is 84.9 Å². The van der Waals surface area contributed by atoms with Gasteiger partial charge in [-0.05, 0) is 66.7 Å². The van der Waals surface area contributed by atoms with E-state index in [0.717, 1.165) is 24.4 Å². The predicted molar refractivity (Wildman–Crippen MR) is 133 cm³/mol. The molecule has 1 saturated heterocycles. The van der Waals surface area contributed by atoms with Crippen LogP contribution >= 0.6 is 11.3 Å². The van der Waals surface area contributed by atoms with E-state index in [-0.39, 0.29) is 12.0 Å². The molecule has 1 atom stereocenters. The van der Waals surface area contributed by atoms with Crippen molar-refractivity contribution < 1.29 is 14.6 Å². The molecule has 4 aromatic rings. The third-order valence-electron chi connectivity index (χ3n) is 6.38. The van der Waals surface area contributed by atoms with Gasteiger partial charge in [-0.15, -0.1) is 11.3 Å². The van der Waals surface area contributed by atoms with Gasteiger partial charge in [0.25, 0.3) is 0 Å². The monoisotopic (exact) mass is 457 g/mol. The molecular formula is C28H27NO3S. The van der Waals surface area contributed by atoms with E-state index in [9.17, 15) is 9.90 Å². The van der Waals surface area contributed by atoms with E-state index in [4.69, 9.17) is 4.74 Å². The molecule has 1 aromatic heterocycles. The summed E-state index contributed by atoms with van der Waals surface area (Å²) in [7, 11) is 0. The smallest absolute Gasteiger partial charge is 0.306 e. The predicted octanol–water partition coefficient (Wildman–Crippen LogP) is 6.37. The molecule has 1 aliphatic heterocycles. The SMILES string of the molecule is O=C(O)C1CCN(C(c2cccc(OCc3ccccc3)c2)c2cc3ccccc3s2)CC1. The van der Waals surface area contributed by atoms with Crippen LogP contribution < -0.4 is 4.74 Å². The lowest BCUT2D eigenvalue weighted by molar-refractivity contribution is -0.143. The summed E-state index contributed by atoms with van der Waals surface area (Å²) in [6, 6.07) is 29.4. The van der Waals surface area contributed by atoms with Gasteiger partial charge in [-0.3, -0.25) is 9.69 Å². The number of piperidine rings is 1. The molecule has 0 bridgehead atoms. The first-order chi connectivity index (χ1) is 16.2. The van der Waals surface area contributed by atoms with Crippen molar-refractivity contribution in [1.29, 1.82) is 0 Å². The van der Waals surface area contributed by atoms with E-state index in [2.05, 4.69) is 65.6 Å². The van der Waals surface area contributed by atoms with E-state index in [0.29, 0.717) is 19.4 Å². The average molecular weight is 458 g/mol. The van der Waals surface area contributed by atoms with Gasteiger partial charge in [-0.2, -0.15) is 0 Å². The van der Waals surface area contributed by atoms with Crippen LogP contribution in [0.1, 0.15) is 34.9 Å². The van der Waals surface area contributed by atoms with Crippen molar-refractivity contribution >= 4 is 27.4 Å². The van der Waals surface area contributed by atoms with Crippen molar-refractivity contribution in [2.24, 2.45) is 5.92 Å². The van der Waals surface area contributed by atoms with Gasteiger partial charge < -0.3 is 9.84 Å². The van der Waals surface area contributed by atoms with E-state index < -0.39 is 5.97 Å². The number of benzene rings is 3. The van der Waals surface area contributed by atoms with Crippen molar-refractivity contribution in [3.8, 4) is 5.75 Å². The van der Waals surface area contributed by atoms with Crippen LogP contribution in [-0.4, -0.2) is 29.1 Å². The number of carbonyl (C=O) groups is 1. The van der Waals surface area contributed by atoms with E-state index >= 15 is 0 Å². The van der Waals surface area contributed by atoms with E-state index in [1.54, 1.807) is 0 Å². The Balaban J connectivity index is 1.44. The zero-order chi connectivity index (χ0) is 22.6. The number of fused-ring (bicyclic) bond motifs is 1. The molecule has 5 heteroatoms. The molecule has 0 amide bonds. The Morgan fingerprint density at radius 1 is 0.970 bits per heavy atom. The van der Waals surface area contributed by atoms with E-state index in [1.807, 2.05) is 35.6 Å². The number of likely N-dealkylation sites (tertiary alicyclic amines) is 1. The molecule has 1 aliphatic rings. The van der Waals surface area contributed by atoms with Crippen LogP contribution in [0.2, 0.25) is 0 Å². The quantitative estimate of drug-likeness (QED) is 0.350. The van der Waals surface area contributed by atoms with Gasteiger partial charge in [0.1, 0.15) is 12.4 Å². The Labute approximate surface area is 198 Å². The Hall–Kier alpha value is -3.15. The number of hydrogen-bond donors (Lipinski definition) is 1. The molecule has 0 saturated carbocycles. The maximum Gasteiger partial charge on any atom is 0.306 e. The fourth-order valence-corrected chi connectivity index (χ4v) is 5.84. The number of nitrogens with zero attached hydrogens (tertiary/aromatic N) is 1. The van der Waals surface area contributed by atoms with Gasteiger partial charge >= 0.3 is 5.97 Å². The number of ether oxygens (including phenoxy) is 1. The first-order valence-electron chi connectivity index (χ1n) is 11.4. The second-order valence-electron chi connectivity index (χ2n) is 8.58. The summed E-state index contributed by atoms with van der Waals surface area (Å²) in [5, 5.41) is 10.7. The van der Waals surface area contributed by atoms with Crippen LogP contribution in [0.5, 0.6) is 5.75 Å². The lowest BCUT2D eigenvalue weighted by Gasteiger charge is -2.36. The number of carboxylic acids is 1. The third kappa shape index (κ3) is 4.95. The minimum atomic E-state index is -0.677. The molecule has 1 fully saturated rings. The second-order valence-corrected chi connectivity index (χ2v) is 9.70. The summed E-state index contributed by atoms with van der Waals surface area (Å²) >= 11 is 1.82. The van der Waals surface area contributed by atoms with Crippen LogP contribution in [0.3, 0.4) is 0 Å². The molecule has 2 heterocycles. The summed E-state index contributed by atoms with van der Waals surface area (Å²) in [6.07, 6.45) is 1.36. The van der Waals surface area contributed by atoms with Gasteiger partial charge in [0, 0.05) is 9.58 Å². The number of rotatable bonds is 7. The maximum absolute atomic E-state index is 11.5. The Kier molecular flexibility index (Phi) is 6.42. The van der Waals surface area contributed by atoms with Crippen LogP contribution in [0.25, 0.3) is 10.1 Å². The summed E-state index contributed by atoms with van der Waals surface area (Å²) in [5.74, 6) is -0.0721. The topological polar surface area (TPSA) is 49.8 Å². The zero-order valence-electron chi connectivity index (χ0n) is 18.4. The highest BCUT2D eigenvalue weighted by Gasteiger charge is 2.31. The molecule has 0 aliphatic carbocycles. The van der Waals surface area contributed by atoms with Gasteiger partial charge in [0.05, 0.1) is 12.0 Å². The molecule has 5 rings (SSSR count). The van der Waals surface area contributed by atoms with Gasteiger partial charge in [0.2, 0.25) is 0 Å². The van der Waals surface area contributed by atoms with Crippen molar-refractivity contribution in [3.63, 3.8) is 0 Å². The standard InChI is InChI=1S/C28H27NO3S/c30-28(31)21-13-15-29(16-14-21)27(26-18-22-9-4-5-12-25(22)33-26)23-10-6-11-24(17-23)32-19-20-7-2-1-3-8-20/h1-12,17-18,21,27H,13-16,19H2,(H,30,31). The van der Waals surface area contributed by atoms with Gasteiger partial charge in [0.15, 0.2) is 0 Å². The minimum absolute atomic E-state index is 0.0809. The molecule has 1 N–H and O–H groups in total. The highest BCUT2D eigenvalue weighted by molar-refractivity contribution is 7.19. The molecular weight excluding hydrogens is 430 g/mol. The zero-order valence-corrected chi connectivity index (χ0v) is 19.2. The summed E-state index contributed by atoms with van der Waals surface area (Å²) in [5.41, 5.74) is 2.32. The number of aliphatic carboxylic acids is 1.